The Kier molecular flexibility index (Phi) is 4.75. The fourth-order valence-corrected chi connectivity index (χ4v) is 5.29. The van der Waals surface area contributed by atoms with Crippen molar-refractivity contribution < 1.29 is 8.42 Å². The van der Waals surface area contributed by atoms with Gasteiger partial charge in [0.1, 0.15) is 0 Å². The molecule has 1 aromatic heterocycles. The van der Waals surface area contributed by atoms with Gasteiger partial charge in [0.15, 0.2) is 0 Å². The Bertz CT molecular complexity index is 1380. The van der Waals surface area contributed by atoms with Crippen LogP contribution in [-0.4, -0.2) is 28.5 Å². The molecule has 0 aliphatic carbocycles. The smallest absolute Gasteiger partial charge is 0.253 e. The lowest BCUT2D eigenvalue weighted by Gasteiger charge is -2.24. The van der Waals surface area contributed by atoms with E-state index in [2.05, 4.69) is 15.1 Å². The molecule has 0 fully saturated rings. The highest BCUT2D eigenvalue weighted by Crippen LogP contribution is 2.39. The van der Waals surface area contributed by atoms with Crippen molar-refractivity contribution in [2.75, 3.05) is 0 Å². The normalized spacial score (nSPS) is 16.5. The van der Waals surface area contributed by atoms with Gasteiger partial charge in [0.2, 0.25) is 0 Å². The monoisotopic (exact) mass is 428 g/mol. The van der Waals surface area contributed by atoms with Crippen molar-refractivity contribution in [3.8, 4) is 0 Å². The average molecular weight is 429 g/mol. The van der Waals surface area contributed by atoms with Crippen molar-refractivity contribution in [2.45, 2.75) is 24.3 Å². The fraction of sp³-hybridized carbons (Fsp3) is 0.125. The summed E-state index contributed by atoms with van der Waals surface area (Å²) in [5.41, 5.74) is 4.97. The highest BCUT2D eigenvalue weighted by Gasteiger charge is 2.38. The van der Waals surface area contributed by atoms with Crippen LogP contribution in [0.15, 0.2) is 95.2 Å². The van der Waals surface area contributed by atoms with Crippen molar-refractivity contribution >= 4 is 26.8 Å². The molecule has 0 saturated heterocycles. The minimum Gasteiger partial charge on any atom is -0.253 e. The number of aryl methyl sites for hydroxylation is 1. The molecule has 1 aliphatic heterocycles. The minimum atomic E-state index is -3.86. The van der Waals surface area contributed by atoms with E-state index in [1.54, 1.807) is 42.7 Å². The van der Waals surface area contributed by atoms with Gasteiger partial charge in [0.05, 0.1) is 27.7 Å². The Hall–Kier alpha value is -3.58. The van der Waals surface area contributed by atoms with Crippen molar-refractivity contribution in [1.29, 1.82) is 0 Å². The summed E-state index contributed by atoms with van der Waals surface area (Å²) in [5.74, 6) is 0. The third-order valence-electron chi connectivity index (χ3n) is 5.43. The predicted octanol–water partition coefficient (Wildman–Crippen LogP) is 4.48. The molecule has 31 heavy (non-hydrogen) atoms. The molecular formula is C24H20N4O2S. The zero-order chi connectivity index (χ0) is 21.4. The molecule has 2 heterocycles. The molecule has 6 nitrogen and oxygen atoms in total. The van der Waals surface area contributed by atoms with Gasteiger partial charge in [-0.2, -0.15) is 17.9 Å². The van der Waals surface area contributed by atoms with E-state index < -0.39 is 16.1 Å². The number of fused-ring (bicyclic) bond motifs is 1. The molecule has 1 aliphatic rings. The minimum absolute atomic E-state index is 0.209. The lowest BCUT2D eigenvalue weighted by Crippen LogP contribution is -2.27. The summed E-state index contributed by atoms with van der Waals surface area (Å²) < 4.78 is 28.4. The van der Waals surface area contributed by atoms with Crippen LogP contribution in [0.4, 0.5) is 0 Å². The summed E-state index contributed by atoms with van der Waals surface area (Å²) in [4.78, 5) is 9.08. The lowest BCUT2D eigenvalue weighted by atomic mass is 9.97. The molecule has 5 rings (SSSR count). The molecule has 0 N–H and O–H groups in total. The number of hydrogen-bond acceptors (Lipinski definition) is 5. The van der Waals surface area contributed by atoms with Crippen LogP contribution in [0.25, 0.3) is 11.0 Å². The number of nitrogens with zero attached hydrogens (tertiary/aromatic N) is 4. The van der Waals surface area contributed by atoms with Gasteiger partial charge < -0.3 is 0 Å². The van der Waals surface area contributed by atoms with Gasteiger partial charge in [-0.05, 0) is 30.7 Å². The van der Waals surface area contributed by atoms with Crippen molar-refractivity contribution in [3.05, 3.63) is 102 Å². The lowest BCUT2D eigenvalue weighted by molar-refractivity contribution is 0.373. The highest BCUT2D eigenvalue weighted by atomic mass is 32.2. The van der Waals surface area contributed by atoms with E-state index >= 15 is 0 Å². The molecule has 0 radical (unpaired) electrons. The highest BCUT2D eigenvalue weighted by molar-refractivity contribution is 7.89. The Morgan fingerprint density at radius 2 is 1.61 bits per heavy atom. The van der Waals surface area contributed by atoms with Gasteiger partial charge in [0.25, 0.3) is 10.0 Å². The van der Waals surface area contributed by atoms with Gasteiger partial charge in [0, 0.05) is 24.4 Å². The molecule has 7 heteroatoms. The quantitative estimate of drug-likeness (QED) is 0.480. The summed E-state index contributed by atoms with van der Waals surface area (Å²) in [6.07, 6.45) is 3.71. The van der Waals surface area contributed by atoms with Crippen LogP contribution in [0.5, 0.6) is 0 Å². The Morgan fingerprint density at radius 1 is 0.871 bits per heavy atom. The van der Waals surface area contributed by atoms with Gasteiger partial charge in [-0.3, -0.25) is 9.97 Å². The third-order valence-corrected chi connectivity index (χ3v) is 7.13. The SMILES string of the molecule is Cc1ccc(C2=NN(S(=O)(=O)c3ccccc3)[C@H](c3cccc4nccnc34)C2)cc1. The summed E-state index contributed by atoms with van der Waals surface area (Å²) >= 11 is 0. The summed E-state index contributed by atoms with van der Waals surface area (Å²) in [5, 5.41) is 4.61. The maximum atomic E-state index is 13.6. The number of aromatic nitrogens is 2. The molecule has 0 spiro atoms. The largest absolute Gasteiger partial charge is 0.279 e. The zero-order valence-corrected chi connectivity index (χ0v) is 17.7. The summed E-state index contributed by atoms with van der Waals surface area (Å²) in [7, 11) is -3.86. The van der Waals surface area contributed by atoms with E-state index in [1.807, 2.05) is 49.4 Å². The summed E-state index contributed by atoms with van der Waals surface area (Å²) in [6, 6.07) is 21.5. The maximum Gasteiger partial charge on any atom is 0.279 e. The van der Waals surface area contributed by atoms with Crippen molar-refractivity contribution in [1.82, 2.24) is 14.4 Å². The van der Waals surface area contributed by atoms with Crippen LogP contribution in [-0.2, 0) is 10.0 Å². The van der Waals surface area contributed by atoms with Crippen LogP contribution in [0.1, 0.15) is 29.2 Å². The molecule has 0 unspecified atom stereocenters. The molecule has 4 aromatic rings. The molecule has 1 atom stereocenters. The van der Waals surface area contributed by atoms with Crippen LogP contribution in [0.3, 0.4) is 0 Å². The second-order valence-corrected chi connectivity index (χ2v) is 9.29. The first-order valence-corrected chi connectivity index (χ1v) is 11.4. The number of benzene rings is 3. The third kappa shape index (κ3) is 3.47. The molecule has 3 aromatic carbocycles. The van der Waals surface area contributed by atoms with E-state index in [-0.39, 0.29) is 4.90 Å². The fourth-order valence-electron chi connectivity index (χ4n) is 3.85. The van der Waals surface area contributed by atoms with E-state index in [9.17, 15) is 8.42 Å². The Balaban J connectivity index is 1.67. The second kappa shape index (κ2) is 7.59. The van der Waals surface area contributed by atoms with Gasteiger partial charge in [-0.15, -0.1) is 0 Å². The van der Waals surface area contributed by atoms with Crippen molar-refractivity contribution in [3.63, 3.8) is 0 Å². The van der Waals surface area contributed by atoms with Gasteiger partial charge in [-0.1, -0.05) is 60.2 Å². The standard InChI is InChI=1S/C24H20N4O2S/c1-17-10-12-18(13-11-17)22-16-23(20-8-5-9-21-24(20)26-15-14-25-21)28(27-22)31(29,30)19-6-3-2-4-7-19/h2-15,23H,16H2,1H3/t23-/m0/s1. The number of sulfonamides is 1. The zero-order valence-electron chi connectivity index (χ0n) is 16.9. The van der Waals surface area contributed by atoms with Crippen LogP contribution < -0.4 is 0 Å². The number of hydrazone groups is 1. The number of para-hydroxylation sites is 1. The topological polar surface area (TPSA) is 75.5 Å². The molecule has 0 amide bonds. The van der Waals surface area contributed by atoms with Crippen molar-refractivity contribution in [2.24, 2.45) is 5.10 Å². The first-order valence-electron chi connectivity index (χ1n) is 9.98. The summed E-state index contributed by atoms with van der Waals surface area (Å²) in [6.45, 7) is 2.02. The molecular weight excluding hydrogens is 408 g/mol. The maximum absolute atomic E-state index is 13.6. The van der Waals surface area contributed by atoms with E-state index in [4.69, 9.17) is 0 Å². The van der Waals surface area contributed by atoms with Gasteiger partial charge >= 0.3 is 0 Å². The molecule has 0 bridgehead atoms. The Morgan fingerprint density at radius 3 is 2.39 bits per heavy atom. The van der Waals surface area contributed by atoms with Crippen LogP contribution in [0, 0.1) is 6.92 Å². The van der Waals surface area contributed by atoms with E-state index in [0.717, 1.165) is 27.9 Å². The van der Waals surface area contributed by atoms with Crippen LogP contribution in [0.2, 0.25) is 0 Å². The van der Waals surface area contributed by atoms with Gasteiger partial charge in [-0.25, -0.2) is 0 Å². The average Bonchev–Trinajstić information content (AvgIpc) is 3.26. The molecule has 0 saturated carbocycles. The van der Waals surface area contributed by atoms with Crippen LogP contribution >= 0.6 is 0 Å². The van der Waals surface area contributed by atoms with E-state index in [0.29, 0.717) is 11.9 Å². The number of hydrogen-bond donors (Lipinski definition) is 0. The molecule has 154 valence electrons. The first kappa shape index (κ1) is 19.4. The Labute approximate surface area is 181 Å². The van der Waals surface area contributed by atoms with E-state index in [1.165, 1.54) is 4.41 Å². The second-order valence-electron chi connectivity index (χ2n) is 7.49. The number of rotatable bonds is 4. The first-order chi connectivity index (χ1) is 15.0. The predicted molar refractivity (Wildman–Crippen MR) is 120 cm³/mol.